The highest BCUT2D eigenvalue weighted by Crippen LogP contribution is 2.38. The third kappa shape index (κ3) is 4.72. The summed E-state index contributed by atoms with van der Waals surface area (Å²) in [6.07, 6.45) is 5.03. The number of aliphatic hydroxyl groups is 1. The highest BCUT2D eigenvalue weighted by atomic mass is 35.5. The van der Waals surface area contributed by atoms with Gasteiger partial charge in [0, 0.05) is 40.8 Å². The molecule has 9 heteroatoms. The molecule has 7 nitrogen and oxygen atoms in total. The van der Waals surface area contributed by atoms with Crippen LogP contribution in [0.4, 0.5) is 4.39 Å². The minimum atomic E-state index is -0.547. The Morgan fingerprint density at radius 2 is 2.11 bits per heavy atom. The fourth-order valence-electron chi connectivity index (χ4n) is 4.09. The molecule has 2 heterocycles. The Morgan fingerprint density at radius 3 is 2.83 bits per heavy atom. The Hall–Kier alpha value is -3.49. The molecule has 0 saturated heterocycles. The predicted octanol–water partition coefficient (Wildman–Crippen LogP) is 5.11. The minimum absolute atomic E-state index is 0.0183. The van der Waals surface area contributed by atoms with E-state index in [-0.39, 0.29) is 30.7 Å². The van der Waals surface area contributed by atoms with Crippen LogP contribution in [0.2, 0.25) is 5.02 Å². The number of carbonyl (C=O) groups is 1. The molecule has 35 heavy (non-hydrogen) atoms. The molecule has 180 valence electrons. The number of fused-ring (bicyclic) bond motifs is 1. The monoisotopic (exact) mass is 494 g/mol. The summed E-state index contributed by atoms with van der Waals surface area (Å²) in [5.41, 5.74) is 3.04. The van der Waals surface area contributed by atoms with Gasteiger partial charge in [0.25, 0.3) is 5.91 Å². The molecule has 1 aliphatic carbocycles. The SMILES string of the molecule is CCN(Cc1cnc(CO)c2cn[nH]c12)C(=O)c1cc(F)c(-c2cccc(Cl)c2)c(OC2CC2)c1. The van der Waals surface area contributed by atoms with Gasteiger partial charge in [-0.15, -0.1) is 0 Å². The van der Waals surface area contributed by atoms with Crippen molar-refractivity contribution in [3.05, 3.63) is 76.5 Å². The molecule has 1 amide bonds. The van der Waals surface area contributed by atoms with Gasteiger partial charge in [-0.3, -0.25) is 14.9 Å². The van der Waals surface area contributed by atoms with Crippen LogP contribution in [0.25, 0.3) is 22.0 Å². The number of pyridine rings is 1. The summed E-state index contributed by atoms with van der Waals surface area (Å²) in [5.74, 6) is -0.544. The third-order valence-electron chi connectivity index (χ3n) is 6.06. The summed E-state index contributed by atoms with van der Waals surface area (Å²) < 4.78 is 21.5. The molecule has 0 bridgehead atoms. The number of hydrogen-bond donors (Lipinski definition) is 2. The number of nitrogens with zero attached hydrogens (tertiary/aromatic N) is 3. The lowest BCUT2D eigenvalue weighted by molar-refractivity contribution is 0.0752. The zero-order chi connectivity index (χ0) is 24.5. The van der Waals surface area contributed by atoms with E-state index < -0.39 is 5.82 Å². The van der Waals surface area contributed by atoms with E-state index >= 15 is 4.39 Å². The summed E-state index contributed by atoms with van der Waals surface area (Å²) in [6.45, 7) is 2.28. The van der Waals surface area contributed by atoms with E-state index in [4.69, 9.17) is 16.3 Å². The van der Waals surface area contributed by atoms with Crippen LogP contribution in [0.1, 0.15) is 41.4 Å². The van der Waals surface area contributed by atoms with Gasteiger partial charge in [-0.05, 0) is 49.6 Å². The van der Waals surface area contributed by atoms with Crippen LogP contribution < -0.4 is 4.74 Å². The number of aliphatic hydroxyl groups excluding tert-OH is 1. The normalized spacial score (nSPS) is 13.3. The van der Waals surface area contributed by atoms with Crippen molar-refractivity contribution in [3.63, 3.8) is 0 Å². The standard InChI is InChI=1S/C26H24ClFN4O3/c1-2-32(13-17-11-29-22(14-33)20-12-30-31-25(17)20)26(34)16-9-21(28)24(15-4-3-5-18(27)8-15)23(10-16)35-19-6-7-19/h3-5,8-12,19,33H,2,6-7,13-14H2,1H3,(H,30,31). The van der Waals surface area contributed by atoms with Gasteiger partial charge in [0.1, 0.15) is 11.6 Å². The lowest BCUT2D eigenvalue weighted by Crippen LogP contribution is -2.30. The second-order valence-electron chi connectivity index (χ2n) is 8.53. The molecule has 2 aromatic heterocycles. The lowest BCUT2D eigenvalue weighted by atomic mass is 10.0. The summed E-state index contributed by atoms with van der Waals surface area (Å²) in [6, 6.07) is 9.78. The Balaban J connectivity index is 1.49. The van der Waals surface area contributed by atoms with Crippen molar-refractivity contribution in [1.82, 2.24) is 20.1 Å². The predicted molar refractivity (Wildman–Crippen MR) is 131 cm³/mol. The number of rotatable bonds is 8. The molecular weight excluding hydrogens is 471 g/mol. The van der Waals surface area contributed by atoms with E-state index in [0.29, 0.717) is 45.0 Å². The Labute approximate surface area is 206 Å². The average molecular weight is 495 g/mol. The number of ether oxygens (including phenoxy) is 1. The maximum absolute atomic E-state index is 15.5. The van der Waals surface area contributed by atoms with Crippen LogP contribution in [0.15, 0.2) is 48.8 Å². The highest BCUT2D eigenvalue weighted by Gasteiger charge is 2.28. The number of nitrogens with one attached hydrogen (secondary N) is 1. The van der Waals surface area contributed by atoms with Crippen LogP contribution in [0.3, 0.4) is 0 Å². The fourth-order valence-corrected chi connectivity index (χ4v) is 4.28. The van der Waals surface area contributed by atoms with Crippen LogP contribution in [-0.2, 0) is 13.2 Å². The molecule has 2 aromatic carbocycles. The Kier molecular flexibility index (Phi) is 6.40. The topological polar surface area (TPSA) is 91.3 Å². The molecule has 0 radical (unpaired) electrons. The van der Waals surface area contributed by atoms with Gasteiger partial charge in [0.05, 0.1) is 35.7 Å². The Morgan fingerprint density at radius 1 is 1.29 bits per heavy atom. The van der Waals surface area contributed by atoms with Crippen molar-refractivity contribution in [2.45, 2.75) is 39.0 Å². The maximum Gasteiger partial charge on any atom is 0.254 e. The number of aromatic nitrogens is 3. The van der Waals surface area contributed by atoms with E-state index in [9.17, 15) is 9.90 Å². The Bertz CT molecular complexity index is 1400. The van der Waals surface area contributed by atoms with Crippen LogP contribution in [0.5, 0.6) is 5.75 Å². The van der Waals surface area contributed by atoms with Gasteiger partial charge in [-0.1, -0.05) is 23.7 Å². The van der Waals surface area contributed by atoms with Gasteiger partial charge in [-0.25, -0.2) is 4.39 Å². The first kappa shape index (κ1) is 23.3. The molecule has 2 N–H and O–H groups in total. The van der Waals surface area contributed by atoms with E-state index in [1.54, 1.807) is 47.6 Å². The fraction of sp³-hybridized carbons (Fsp3) is 0.269. The van der Waals surface area contributed by atoms with Crippen molar-refractivity contribution in [2.24, 2.45) is 0 Å². The number of H-pyrrole nitrogens is 1. The van der Waals surface area contributed by atoms with Crippen molar-refractivity contribution < 1.29 is 19.0 Å². The molecular formula is C26H24ClFN4O3. The van der Waals surface area contributed by atoms with Gasteiger partial charge < -0.3 is 14.7 Å². The van der Waals surface area contributed by atoms with Gasteiger partial charge >= 0.3 is 0 Å². The first-order valence-corrected chi connectivity index (χ1v) is 11.8. The lowest BCUT2D eigenvalue weighted by Gasteiger charge is -2.22. The maximum atomic E-state index is 15.5. The summed E-state index contributed by atoms with van der Waals surface area (Å²) in [7, 11) is 0. The van der Waals surface area contributed by atoms with Crippen molar-refractivity contribution in [3.8, 4) is 16.9 Å². The first-order chi connectivity index (χ1) is 17.0. The number of amides is 1. The molecule has 0 atom stereocenters. The van der Waals surface area contributed by atoms with Crippen LogP contribution in [0, 0.1) is 5.82 Å². The van der Waals surface area contributed by atoms with Crippen LogP contribution in [-0.4, -0.2) is 43.7 Å². The molecule has 0 spiro atoms. The van der Waals surface area contributed by atoms with E-state index in [1.165, 1.54) is 6.07 Å². The first-order valence-electron chi connectivity index (χ1n) is 11.4. The van der Waals surface area contributed by atoms with Crippen molar-refractivity contribution in [2.75, 3.05) is 6.54 Å². The molecule has 0 unspecified atom stereocenters. The van der Waals surface area contributed by atoms with Crippen LogP contribution >= 0.6 is 11.6 Å². The molecule has 1 fully saturated rings. The van der Waals surface area contributed by atoms with Gasteiger partial charge in [-0.2, -0.15) is 5.10 Å². The third-order valence-corrected chi connectivity index (χ3v) is 6.29. The molecule has 5 rings (SSSR count). The van der Waals surface area contributed by atoms with Gasteiger partial charge in [0.2, 0.25) is 0 Å². The quantitative estimate of drug-likeness (QED) is 0.355. The number of carbonyl (C=O) groups excluding carboxylic acids is 1. The zero-order valence-corrected chi connectivity index (χ0v) is 19.8. The molecule has 1 saturated carbocycles. The minimum Gasteiger partial charge on any atom is -0.490 e. The highest BCUT2D eigenvalue weighted by molar-refractivity contribution is 6.30. The number of benzene rings is 2. The second-order valence-corrected chi connectivity index (χ2v) is 8.96. The number of hydrogen-bond acceptors (Lipinski definition) is 5. The average Bonchev–Trinajstić information content (AvgIpc) is 3.52. The summed E-state index contributed by atoms with van der Waals surface area (Å²) in [4.78, 5) is 19.4. The largest absolute Gasteiger partial charge is 0.490 e. The zero-order valence-electron chi connectivity index (χ0n) is 19.1. The number of aromatic amines is 1. The second kappa shape index (κ2) is 9.64. The van der Waals surface area contributed by atoms with E-state index in [0.717, 1.165) is 18.4 Å². The summed E-state index contributed by atoms with van der Waals surface area (Å²) in [5, 5.41) is 17.7. The van der Waals surface area contributed by atoms with E-state index in [1.807, 2.05) is 6.92 Å². The van der Waals surface area contributed by atoms with E-state index in [2.05, 4.69) is 15.2 Å². The van der Waals surface area contributed by atoms with Crippen molar-refractivity contribution >= 4 is 28.4 Å². The summed E-state index contributed by atoms with van der Waals surface area (Å²) >= 11 is 6.14. The smallest absolute Gasteiger partial charge is 0.254 e. The molecule has 1 aliphatic rings. The molecule has 0 aliphatic heterocycles. The molecule has 4 aromatic rings. The number of halogens is 2. The van der Waals surface area contributed by atoms with Gasteiger partial charge in [0.15, 0.2) is 0 Å². The van der Waals surface area contributed by atoms with Crippen molar-refractivity contribution in [1.29, 1.82) is 0 Å².